The van der Waals surface area contributed by atoms with Crippen molar-refractivity contribution in [1.82, 2.24) is 4.90 Å². The van der Waals surface area contributed by atoms with E-state index in [-0.39, 0.29) is 18.2 Å². The molecule has 1 heterocycles. The molecule has 1 aliphatic heterocycles. The van der Waals surface area contributed by atoms with Crippen LogP contribution in [-0.2, 0) is 9.84 Å². The second-order valence-corrected chi connectivity index (χ2v) is 7.97. The summed E-state index contributed by atoms with van der Waals surface area (Å²) in [7, 11) is -3.43. The lowest BCUT2D eigenvalue weighted by molar-refractivity contribution is 0.0656. The van der Waals surface area contributed by atoms with Crippen LogP contribution in [0.1, 0.15) is 40.5 Å². The summed E-state index contributed by atoms with van der Waals surface area (Å²) >= 11 is 5.79. The van der Waals surface area contributed by atoms with Crippen LogP contribution in [0.15, 0.2) is 24.3 Å². The van der Waals surface area contributed by atoms with E-state index in [1.54, 1.807) is 24.3 Å². The zero-order valence-electron chi connectivity index (χ0n) is 12.3. The Bertz CT molecular complexity index is 652. The van der Waals surface area contributed by atoms with Crippen LogP contribution in [0.5, 0.6) is 0 Å². The maximum Gasteiger partial charge on any atom is 0.261 e. The van der Waals surface area contributed by atoms with Gasteiger partial charge >= 0.3 is 0 Å². The molecule has 1 aliphatic rings. The number of halogens is 1. The van der Waals surface area contributed by atoms with E-state index in [2.05, 4.69) is 0 Å². The lowest BCUT2D eigenvalue weighted by Crippen LogP contribution is -2.42. The van der Waals surface area contributed by atoms with Crippen molar-refractivity contribution in [3.05, 3.63) is 35.4 Å². The first kappa shape index (κ1) is 17.0. The molecule has 5 nitrogen and oxygen atoms in total. The van der Waals surface area contributed by atoms with Crippen molar-refractivity contribution >= 4 is 33.3 Å². The standard InChI is InChI=1S/C15H18ClNO4S/c1-2-3-8-22(20,21)11(9-16)10-17-14(18)12-6-4-5-7-13(12)15(17)19/h4-7,11H,2-3,8-10H2,1H3. The van der Waals surface area contributed by atoms with Crippen LogP contribution in [0.4, 0.5) is 0 Å². The smallest absolute Gasteiger partial charge is 0.261 e. The van der Waals surface area contributed by atoms with Gasteiger partial charge < -0.3 is 0 Å². The van der Waals surface area contributed by atoms with E-state index in [0.717, 1.165) is 11.3 Å². The van der Waals surface area contributed by atoms with Crippen LogP contribution < -0.4 is 0 Å². The third-order valence-corrected chi connectivity index (χ3v) is 6.47. The van der Waals surface area contributed by atoms with Crippen molar-refractivity contribution in [2.24, 2.45) is 0 Å². The normalized spacial score (nSPS) is 16.0. The SMILES string of the molecule is CCCCS(=O)(=O)C(CCl)CN1C(=O)c2ccccc2C1=O. The Morgan fingerprint density at radius 2 is 1.68 bits per heavy atom. The number of carbonyl (C=O) groups excluding carboxylic acids is 2. The molecule has 2 rings (SSSR count). The minimum absolute atomic E-state index is 0.0179. The molecule has 0 aliphatic carbocycles. The lowest BCUT2D eigenvalue weighted by Gasteiger charge is -2.21. The molecule has 0 fully saturated rings. The number of amides is 2. The summed E-state index contributed by atoms with van der Waals surface area (Å²) in [5.41, 5.74) is 0.624. The number of hydrogen-bond donors (Lipinski definition) is 0. The van der Waals surface area contributed by atoms with E-state index in [1.807, 2.05) is 6.92 Å². The summed E-state index contributed by atoms with van der Waals surface area (Å²) in [4.78, 5) is 25.5. The zero-order valence-corrected chi connectivity index (χ0v) is 13.9. The van der Waals surface area contributed by atoms with E-state index in [0.29, 0.717) is 17.5 Å². The number of alkyl halides is 1. The Kier molecular flexibility index (Phi) is 5.24. The number of imide groups is 1. The van der Waals surface area contributed by atoms with Gasteiger partial charge in [-0.3, -0.25) is 14.5 Å². The number of fused-ring (bicyclic) bond motifs is 1. The van der Waals surface area contributed by atoms with Gasteiger partial charge in [-0.1, -0.05) is 25.5 Å². The molecule has 0 radical (unpaired) electrons. The van der Waals surface area contributed by atoms with Crippen LogP contribution in [-0.4, -0.2) is 48.6 Å². The third-order valence-electron chi connectivity index (χ3n) is 3.73. The molecule has 0 aromatic heterocycles. The van der Waals surface area contributed by atoms with Crippen LogP contribution in [0.3, 0.4) is 0 Å². The van der Waals surface area contributed by atoms with E-state index < -0.39 is 26.9 Å². The van der Waals surface area contributed by atoms with Gasteiger partial charge in [0.05, 0.1) is 22.1 Å². The first-order valence-corrected chi connectivity index (χ1v) is 9.40. The molecule has 0 saturated heterocycles. The van der Waals surface area contributed by atoms with Crippen molar-refractivity contribution < 1.29 is 18.0 Å². The number of benzene rings is 1. The first-order valence-electron chi connectivity index (χ1n) is 7.15. The van der Waals surface area contributed by atoms with E-state index in [4.69, 9.17) is 11.6 Å². The number of nitrogens with zero attached hydrogens (tertiary/aromatic N) is 1. The van der Waals surface area contributed by atoms with Crippen LogP contribution in [0, 0.1) is 0 Å². The van der Waals surface area contributed by atoms with Crippen LogP contribution in [0.2, 0.25) is 0 Å². The number of rotatable bonds is 7. The van der Waals surface area contributed by atoms with E-state index >= 15 is 0 Å². The fourth-order valence-electron chi connectivity index (χ4n) is 2.38. The molecule has 1 aromatic rings. The van der Waals surface area contributed by atoms with Gasteiger partial charge in [-0.05, 0) is 18.6 Å². The molecule has 0 spiro atoms. The molecule has 0 N–H and O–H groups in total. The molecule has 0 bridgehead atoms. The number of hydrogen-bond acceptors (Lipinski definition) is 4. The van der Waals surface area contributed by atoms with Gasteiger partial charge in [0, 0.05) is 12.4 Å². The van der Waals surface area contributed by atoms with Crippen molar-refractivity contribution in [2.75, 3.05) is 18.2 Å². The average molecular weight is 344 g/mol. The quantitative estimate of drug-likeness (QED) is 0.561. The van der Waals surface area contributed by atoms with E-state index in [1.165, 1.54) is 0 Å². The van der Waals surface area contributed by atoms with Gasteiger partial charge in [0.2, 0.25) is 0 Å². The monoisotopic (exact) mass is 343 g/mol. The van der Waals surface area contributed by atoms with Crippen molar-refractivity contribution in [3.63, 3.8) is 0 Å². The molecule has 0 saturated carbocycles. The van der Waals surface area contributed by atoms with Gasteiger partial charge in [0.1, 0.15) is 0 Å². The Morgan fingerprint density at radius 1 is 1.14 bits per heavy atom. The van der Waals surface area contributed by atoms with Gasteiger partial charge in [-0.15, -0.1) is 11.6 Å². The Balaban J connectivity index is 2.20. The third kappa shape index (κ3) is 3.17. The Hall–Kier alpha value is -1.40. The zero-order chi connectivity index (χ0) is 16.3. The highest BCUT2D eigenvalue weighted by Gasteiger charge is 2.38. The predicted octanol–water partition coefficient (Wildman–Crippen LogP) is 2.10. The Morgan fingerprint density at radius 3 is 2.14 bits per heavy atom. The Labute approximate surface area is 135 Å². The second-order valence-electron chi connectivity index (χ2n) is 5.26. The van der Waals surface area contributed by atoms with Gasteiger partial charge in [0.25, 0.3) is 11.8 Å². The molecule has 1 unspecified atom stereocenters. The molecule has 120 valence electrons. The first-order chi connectivity index (χ1) is 10.4. The number of unbranched alkanes of at least 4 members (excludes halogenated alkanes) is 1. The predicted molar refractivity (Wildman–Crippen MR) is 85.0 cm³/mol. The summed E-state index contributed by atoms with van der Waals surface area (Å²) in [5.74, 6) is -1.04. The highest BCUT2D eigenvalue weighted by Crippen LogP contribution is 2.24. The van der Waals surface area contributed by atoms with Crippen LogP contribution in [0.25, 0.3) is 0 Å². The summed E-state index contributed by atoms with van der Waals surface area (Å²) in [6.07, 6.45) is 1.29. The number of carbonyl (C=O) groups is 2. The van der Waals surface area contributed by atoms with Gasteiger partial charge in [-0.2, -0.15) is 0 Å². The molecule has 1 aromatic carbocycles. The van der Waals surface area contributed by atoms with Crippen molar-refractivity contribution in [2.45, 2.75) is 25.0 Å². The van der Waals surface area contributed by atoms with Gasteiger partial charge in [0.15, 0.2) is 9.84 Å². The largest absolute Gasteiger partial charge is 0.273 e. The lowest BCUT2D eigenvalue weighted by atomic mass is 10.1. The minimum atomic E-state index is -3.43. The summed E-state index contributed by atoms with van der Waals surface area (Å²) in [6.45, 7) is 1.71. The second kappa shape index (κ2) is 6.79. The summed E-state index contributed by atoms with van der Waals surface area (Å²) < 4.78 is 24.5. The topological polar surface area (TPSA) is 71.5 Å². The molecule has 7 heteroatoms. The van der Waals surface area contributed by atoms with Crippen molar-refractivity contribution in [1.29, 1.82) is 0 Å². The fourth-order valence-corrected chi connectivity index (χ4v) is 4.65. The molecular formula is C15H18ClNO4S. The minimum Gasteiger partial charge on any atom is -0.273 e. The molecule has 1 atom stereocenters. The van der Waals surface area contributed by atoms with E-state index in [9.17, 15) is 18.0 Å². The molecule has 2 amide bonds. The summed E-state index contributed by atoms with van der Waals surface area (Å²) in [5, 5.41) is -0.928. The summed E-state index contributed by atoms with van der Waals surface area (Å²) in [6, 6.07) is 6.47. The average Bonchev–Trinajstić information content (AvgIpc) is 2.75. The fraction of sp³-hybridized carbons (Fsp3) is 0.467. The van der Waals surface area contributed by atoms with Gasteiger partial charge in [-0.25, -0.2) is 8.42 Å². The maximum atomic E-state index is 12.3. The highest BCUT2D eigenvalue weighted by molar-refractivity contribution is 7.92. The maximum absolute atomic E-state index is 12.3. The van der Waals surface area contributed by atoms with Crippen LogP contribution >= 0.6 is 11.6 Å². The molecule has 22 heavy (non-hydrogen) atoms. The van der Waals surface area contributed by atoms with Crippen molar-refractivity contribution in [3.8, 4) is 0 Å². The highest BCUT2D eigenvalue weighted by atomic mass is 35.5. The molecular weight excluding hydrogens is 326 g/mol. The number of sulfone groups is 1.